The van der Waals surface area contributed by atoms with Gasteiger partial charge in [0.05, 0.1) is 6.61 Å². The van der Waals surface area contributed by atoms with Crippen LogP contribution in [-0.2, 0) is 44.0 Å². The molecule has 0 radical (unpaired) electrons. The molecule has 38 heavy (non-hydrogen) atoms. The summed E-state index contributed by atoms with van der Waals surface area (Å²) in [6, 6.07) is 8.18. The molecule has 3 aliphatic rings. The molecule has 1 aliphatic heterocycles. The number of hydrogen-bond acceptors (Lipinski definition) is 4. The van der Waals surface area contributed by atoms with Gasteiger partial charge in [-0.25, -0.2) is 4.39 Å². The largest absolute Gasteiger partial charge is 0.481 e. The number of carbonyl (C=O) groups excluding carboxylic acids is 2. The van der Waals surface area contributed by atoms with Crippen LogP contribution in [0.5, 0.6) is 0 Å². The van der Waals surface area contributed by atoms with Crippen molar-refractivity contribution in [2.75, 3.05) is 19.0 Å². The van der Waals surface area contributed by atoms with E-state index in [4.69, 9.17) is 9.84 Å². The molecule has 202 valence electrons. The van der Waals surface area contributed by atoms with Crippen molar-refractivity contribution in [2.45, 2.75) is 70.4 Å². The van der Waals surface area contributed by atoms with E-state index in [2.05, 4.69) is 5.32 Å². The highest BCUT2D eigenvalue weighted by atomic mass is 19.1. The Morgan fingerprint density at radius 1 is 1.13 bits per heavy atom. The van der Waals surface area contributed by atoms with Crippen LogP contribution >= 0.6 is 0 Å². The van der Waals surface area contributed by atoms with Gasteiger partial charge in [-0.05, 0) is 83.4 Å². The summed E-state index contributed by atoms with van der Waals surface area (Å²) in [5, 5.41) is 12.0. The molecule has 0 bridgehead atoms. The van der Waals surface area contributed by atoms with Crippen molar-refractivity contribution in [3.63, 3.8) is 0 Å². The zero-order valence-electron chi connectivity index (χ0n) is 22.2. The van der Waals surface area contributed by atoms with Gasteiger partial charge in [-0.3, -0.25) is 14.4 Å². The molecule has 5 rings (SSSR count). The number of ether oxygens (including phenoxy) is 1. The number of fused-ring (bicyclic) bond motifs is 2. The highest BCUT2D eigenvalue weighted by molar-refractivity contribution is 5.99. The fraction of sp³-hybridized carbons (Fsp3) is 0.500. The summed E-state index contributed by atoms with van der Waals surface area (Å²) in [5.41, 5.74) is 4.50. The number of anilines is 1. The van der Waals surface area contributed by atoms with E-state index in [9.17, 15) is 14.4 Å². The Morgan fingerprint density at radius 3 is 2.61 bits per heavy atom. The van der Waals surface area contributed by atoms with Gasteiger partial charge in [0, 0.05) is 31.7 Å². The molecule has 2 amide bonds. The topological polar surface area (TPSA) is 95.9 Å². The first kappa shape index (κ1) is 26.4. The Kier molecular flexibility index (Phi) is 7.03. The Morgan fingerprint density at radius 2 is 1.89 bits per heavy atom. The summed E-state index contributed by atoms with van der Waals surface area (Å²) in [6.07, 6.45) is 3.29. The number of carboxylic acid groups (broad SMARTS) is 1. The standard InChI is InChI=1S/C30H35FN2O5/c1-30(2)8-6-20-14-22(15-24(31)26(20)30)32-28(36)27-23-5-4-17(16-38-3)10-19(23)7-9-33(27)29(37)21-11-18(12-21)13-25(34)35/h4-5,10,14-15,18,21,27H,6-9,11-13,16H2,1-3H3,(H,32,36)(H,34,35)/t18-,21-,27?. The molecule has 7 nitrogen and oxygen atoms in total. The minimum absolute atomic E-state index is 0.0129. The molecule has 1 unspecified atom stereocenters. The fourth-order valence-corrected chi connectivity index (χ4v) is 6.52. The average molecular weight is 523 g/mol. The second-order valence-electron chi connectivity index (χ2n) is 11.6. The maximum atomic E-state index is 15.1. The molecule has 0 saturated heterocycles. The lowest BCUT2D eigenvalue weighted by Gasteiger charge is -2.42. The molecule has 0 spiro atoms. The number of nitrogens with zero attached hydrogens (tertiary/aromatic N) is 1. The predicted molar refractivity (Wildman–Crippen MR) is 140 cm³/mol. The van der Waals surface area contributed by atoms with Crippen molar-refractivity contribution in [2.24, 2.45) is 11.8 Å². The third-order valence-electron chi connectivity index (χ3n) is 8.46. The number of benzene rings is 2. The first-order valence-corrected chi connectivity index (χ1v) is 13.3. The number of aliphatic carboxylic acids is 1. The number of nitrogens with one attached hydrogen (secondary N) is 1. The van der Waals surface area contributed by atoms with Crippen molar-refractivity contribution in [3.8, 4) is 0 Å². The number of halogens is 1. The Balaban J connectivity index is 1.42. The van der Waals surface area contributed by atoms with Gasteiger partial charge < -0.3 is 20.1 Å². The predicted octanol–water partition coefficient (Wildman–Crippen LogP) is 4.76. The lowest BCUT2D eigenvalue weighted by Crippen LogP contribution is -2.50. The van der Waals surface area contributed by atoms with E-state index in [0.717, 1.165) is 35.1 Å². The average Bonchev–Trinajstić information content (AvgIpc) is 3.14. The summed E-state index contributed by atoms with van der Waals surface area (Å²) in [4.78, 5) is 40.0. The van der Waals surface area contributed by atoms with Gasteiger partial charge in [0.1, 0.15) is 11.9 Å². The maximum Gasteiger partial charge on any atom is 0.303 e. The van der Waals surface area contributed by atoms with Crippen molar-refractivity contribution < 1.29 is 28.6 Å². The van der Waals surface area contributed by atoms with Crippen LogP contribution in [0.15, 0.2) is 30.3 Å². The molecule has 2 aliphatic carbocycles. The van der Waals surface area contributed by atoms with Crippen LogP contribution in [0.4, 0.5) is 10.1 Å². The van der Waals surface area contributed by atoms with Crippen LogP contribution in [0.3, 0.4) is 0 Å². The molecule has 2 aromatic rings. The van der Waals surface area contributed by atoms with Crippen molar-refractivity contribution in [1.82, 2.24) is 4.90 Å². The van der Waals surface area contributed by atoms with Crippen molar-refractivity contribution in [1.29, 1.82) is 0 Å². The summed E-state index contributed by atoms with van der Waals surface area (Å²) in [6.45, 7) is 4.89. The third kappa shape index (κ3) is 4.94. The number of rotatable bonds is 7. The van der Waals surface area contributed by atoms with E-state index in [1.165, 1.54) is 6.07 Å². The minimum Gasteiger partial charge on any atom is -0.481 e. The van der Waals surface area contributed by atoms with E-state index >= 15 is 4.39 Å². The lowest BCUT2D eigenvalue weighted by atomic mass is 9.72. The van der Waals surface area contributed by atoms with E-state index in [-0.39, 0.29) is 41.3 Å². The summed E-state index contributed by atoms with van der Waals surface area (Å²) < 4.78 is 20.4. The lowest BCUT2D eigenvalue weighted by molar-refractivity contribution is -0.149. The minimum atomic E-state index is -0.859. The molecule has 2 N–H and O–H groups in total. The maximum absolute atomic E-state index is 15.1. The van der Waals surface area contributed by atoms with Gasteiger partial charge >= 0.3 is 5.97 Å². The molecule has 1 fully saturated rings. The molecule has 1 saturated carbocycles. The highest BCUT2D eigenvalue weighted by Gasteiger charge is 2.43. The number of carboxylic acids is 1. The number of amides is 2. The van der Waals surface area contributed by atoms with Crippen LogP contribution in [0.2, 0.25) is 0 Å². The SMILES string of the molecule is COCc1ccc2c(c1)CCN(C(=O)[C@H]1C[C@H](CC(=O)O)C1)C2C(=O)Nc1cc(F)c2c(c1)CCC2(C)C. The quantitative estimate of drug-likeness (QED) is 0.547. The molecule has 1 heterocycles. The smallest absolute Gasteiger partial charge is 0.303 e. The second-order valence-corrected chi connectivity index (χ2v) is 11.6. The first-order chi connectivity index (χ1) is 18.1. The molecule has 8 heteroatoms. The van der Waals surface area contributed by atoms with Gasteiger partial charge in [-0.2, -0.15) is 0 Å². The van der Waals surface area contributed by atoms with Gasteiger partial charge in [-0.1, -0.05) is 32.0 Å². The van der Waals surface area contributed by atoms with Gasteiger partial charge in [-0.15, -0.1) is 0 Å². The molecular formula is C30H35FN2O5. The number of hydrogen-bond donors (Lipinski definition) is 2. The summed E-state index contributed by atoms with van der Waals surface area (Å²) >= 11 is 0. The van der Waals surface area contributed by atoms with Crippen LogP contribution < -0.4 is 5.32 Å². The van der Waals surface area contributed by atoms with E-state index in [1.54, 1.807) is 12.0 Å². The number of methoxy groups -OCH3 is 1. The monoisotopic (exact) mass is 522 g/mol. The zero-order chi connectivity index (χ0) is 27.2. The normalized spacial score (nSPS) is 23.3. The zero-order valence-corrected chi connectivity index (χ0v) is 22.2. The van der Waals surface area contributed by atoms with Gasteiger partial charge in [0.25, 0.3) is 5.91 Å². The fourth-order valence-electron chi connectivity index (χ4n) is 6.52. The molecule has 0 aromatic heterocycles. The van der Waals surface area contributed by atoms with Crippen LogP contribution in [-0.4, -0.2) is 41.4 Å². The summed E-state index contributed by atoms with van der Waals surface area (Å²) in [5.74, 6) is -1.98. The highest BCUT2D eigenvalue weighted by Crippen LogP contribution is 2.43. The Hall–Kier alpha value is -3.26. The van der Waals surface area contributed by atoms with Crippen LogP contribution in [0.25, 0.3) is 0 Å². The summed E-state index contributed by atoms with van der Waals surface area (Å²) in [7, 11) is 1.63. The first-order valence-electron chi connectivity index (χ1n) is 13.3. The van der Waals surface area contributed by atoms with Crippen LogP contribution in [0.1, 0.15) is 73.4 Å². The molecule has 1 atom stereocenters. The van der Waals surface area contributed by atoms with E-state index in [1.807, 2.05) is 38.1 Å². The van der Waals surface area contributed by atoms with Crippen molar-refractivity contribution >= 4 is 23.5 Å². The van der Waals surface area contributed by atoms with Crippen LogP contribution in [0, 0.1) is 17.7 Å². The van der Waals surface area contributed by atoms with E-state index in [0.29, 0.717) is 43.7 Å². The number of carbonyl (C=O) groups is 3. The van der Waals surface area contributed by atoms with Gasteiger partial charge in [0.2, 0.25) is 5.91 Å². The van der Waals surface area contributed by atoms with Crippen molar-refractivity contribution in [3.05, 3.63) is 64.0 Å². The Bertz CT molecular complexity index is 1280. The molecule has 2 aromatic carbocycles. The van der Waals surface area contributed by atoms with Gasteiger partial charge in [0.15, 0.2) is 0 Å². The second kappa shape index (κ2) is 10.1. The third-order valence-corrected chi connectivity index (χ3v) is 8.46. The Labute approximate surface area is 222 Å². The number of aryl methyl sites for hydroxylation is 1. The molecular weight excluding hydrogens is 487 g/mol. The van der Waals surface area contributed by atoms with E-state index < -0.39 is 12.0 Å².